The molecule has 5 nitrogen and oxygen atoms in total. The molecule has 1 aromatic carbocycles. The number of carbonyl (C=O) groups excluding carboxylic acids is 2. The highest BCUT2D eigenvalue weighted by molar-refractivity contribution is 6.14. The third-order valence-corrected chi connectivity index (χ3v) is 2.52. The zero-order chi connectivity index (χ0) is 13.8. The van der Waals surface area contributed by atoms with Gasteiger partial charge in [0.25, 0.3) is 5.91 Å². The summed E-state index contributed by atoms with van der Waals surface area (Å²) in [5.74, 6) is 3.03. The van der Waals surface area contributed by atoms with Gasteiger partial charge >= 0.3 is 0 Å². The molecule has 1 aromatic heterocycles. The summed E-state index contributed by atoms with van der Waals surface area (Å²) in [4.78, 5) is 27.6. The van der Waals surface area contributed by atoms with Crippen molar-refractivity contribution in [1.29, 1.82) is 0 Å². The predicted molar refractivity (Wildman–Crippen MR) is 65.7 cm³/mol. The van der Waals surface area contributed by atoms with Crippen molar-refractivity contribution in [2.45, 2.75) is 0 Å². The summed E-state index contributed by atoms with van der Waals surface area (Å²) in [6, 6.07) is 8.38. The van der Waals surface area contributed by atoms with E-state index < -0.39 is 17.5 Å². The molecule has 2 aromatic rings. The maximum atomic E-state index is 13.6. The number of carbonyl (C=O) groups is 2. The van der Waals surface area contributed by atoms with E-state index in [1.54, 1.807) is 0 Å². The van der Waals surface area contributed by atoms with Crippen LogP contribution >= 0.6 is 0 Å². The molecule has 19 heavy (non-hydrogen) atoms. The molecule has 0 saturated heterocycles. The molecule has 1 heterocycles. The van der Waals surface area contributed by atoms with Crippen LogP contribution in [0.4, 0.5) is 4.39 Å². The van der Waals surface area contributed by atoms with Crippen LogP contribution in [0.1, 0.15) is 26.4 Å². The van der Waals surface area contributed by atoms with Crippen molar-refractivity contribution in [2.75, 3.05) is 0 Å². The number of rotatable bonds is 3. The monoisotopic (exact) mass is 259 g/mol. The van der Waals surface area contributed by atoms with E-state index in [-0.39, 0.29) is 16.8 Å². The number of amides is 1. The van der Waals surface area contributed by atoms with E-state index in [1.807, 2.05) is 5.43 Å². The van der Waals surface area contributed by atoms with Gasteiger partial charge in [-0.15, -0.1) is 0 Å². The summed E-state index contributed by atoms with van der Waals surface area (Å²) in [5, 5.41) is 0. The van der Waals surface area contributed by atoms with Gasteiger partial charge in [-0.05, 0) is 24.3 Å². The minimum Gasteiger partial charge on any atom is -0.290 e. The first-order valence-electron chi connectivity index (χ1n) is 5.40. The number of aromatic nitrogens is 1. The Hall–Kier alpha value is -2.60. The van der Waals surface area contributed by atoms with Crippen LogP contribution in [-0.2, 0) is 0 Å². The Bertz CT molecular complexity index is 643. The van der Waals surface area contributed by atoms with Crippen LogP contribution in [0.3, 0.4) is 0 Å². The molecule has 96 valence electrons. The molecular formula is C13H10FN3O2. The molecule has 0 fully saturated rings. The van der Waals surface area contributed by atoms with Crippen molar-refractivity contribution in [3.63, 3.8) is 0 Å². The van der Waals surface area contributed by atoms with Crippen molar-refractivity contribution in [3.8, 4) is 0 Å². The number of nitrogen functional groups attached to an aromatic ring is 1. The molecule has 0 aliphatic heterocycles. The summed E-state index contributed by atoms with van der Waals surface area (Å²) >= 11 is 0. The van der Waals surface area contributed by atoms with Gasteiger partial charge < -0.3 is 0 Å². The molecular weight excluding hydrogens is 249 g/mol. The van der Waals surface area contributed by atoms with Crippen LogP contribution in [0.15, 0.2) is 42.6 Å². The SMILES string of the molecule is NNC(=O)c1cccnc1C(=O)c1ccccc1F. The van der Waals surface area contributed by atoms with Crippen LogP contribution < -0.4 is 11.3 Å². The number of pyridine rings is 1. The first-order chi connectivity index (χ1) is 9.15. The van der Waals surface area contributed by atoms with Gasteiger partial charge in [0, 0.05) is 6.20 Å². The van der Waals surface area contributed by atoms with Gasteiger partial charge in [0.05, 0.1) is 11.1 Å². The lowest BCUT2D eigenvalue weighted by atomic mass is 10.0. The van der Waals surface area contributed by atoms with E-state index in [0.29, 0.717) is 0 Å². The standard InChI is InChI=1S/C13H10FN3O2/c14-10-6-2-1-4-8(10)12(18)11-9(13(19)17-15)5-3-7-16-11/h1-7H,15H2,(H,17,19). The van der Waals surface area contributed by atoms with Gasteiger partial charge in [0.2, 0.25) is 5.78 Å². The zero-order valence-electron chi connectivity index (χ0n) is 9.76. The van der Waals surface area contributed by atoms with Crippen molar-refractivity contribution >= 4 is 11.7 Å². The van der Waals surface area contributed by atoms with Crippen LogP contribution in [0.5, 0.6) is 0 Å². The largest absolute Gasteiger partial charge is 0.290 e. The lowest BCUT2D eigenvalue weighted by Gasteiger charge is -2.06. The quantitative estimate of drug-likeness (QED) is 0.373. The Morgan fingerprint density at radius 2 is 1.79 bits per heavy atom. The fourth-order valence-corrected chi connectivity index (χ4v) is 1.62. The van der Waals surface area contributed by atoms with Gasteiger partial charge in [-0.3, -0.25) is 20.0 Å². The average Bonchev–Trinajstić information content (AvgIpc) is 2.46. The third-order valence-electron chi connectivity index (χ3n) is 2.52. The Morgan fingerprint density at radius 3 is 2.47 bits per heavy atom. The fourth-order valence-electron chi connectivity index (χ4n) is 1.62. The predicted octanol–water partition coefficient (Wildman–Crippen LogP) is 1.06. The fraction of sp³-hybridized carbons (Fsp3) is 0. The van der Waals surface area contributed by atoms with E-state index >= 15 is 0 Å². The first kappa shape index (κ1) is 12.8. The molecule has 0 aliphatic carbocycles. The first-order valence-corrected chi connectivity index (χ1v) is 5.40. The normalized spacial score (nSPS) is 10.0. The lowest BCUT2D eigenvalue weighted by molar-refractivity contribution is 0.0940. The highest BCUT2D eigenvalue weighted by Crippen LogP contribution is 2.14. The van der Waals surface area contributed by atoms with E-state index in [4.69, 9.17) is 5.84 Å². The molecule has 0 saturated carbocycles. The molecule has 0 atom stereocenters. The van der Waals surface area contributed by atoms with Crippen LogP contribution in [0.2, 0.25) is 0 Å². The highest BCUT2D eigenvalue weighted by atomic mass is 19.1. The Balaban J connectivity index is 2.51. The van der Waals surface area contributed by atoms with Crippen molar-refractivity contribution in [2.24, 2.45) is 5.84 Å². The zero-order valence-corrected chi connectivity index (χ0v) is 9.76. The Kier molecular flexibility index (Phi) is 3.63. The van der Waals surface area contributed by atoms with Crippen LogP contribution in [0, 0.1) is 5.82 Å². The average molecular weight is 259 g/mol. The molecule has 0 unspecified atom stereocenters. The van der Waals surface area contributed by atoms with Gasteiger partial charge in [-0.25, -0.2) is 10.2 Å². The number of benzene rings is 1. The summed E-state index contributed by atoms with van der Waals surface area (Å²) in [5.41, 5.74) is 1.63. The number of hydrazine groups is 1. The van der Waals surface area contributed by atoms with Gasteiger partial charge in [-0.1, -0.05) is 12.1 Å². The molecule has 0 bridgehead atoms. The van der Waals surface area contributed by atoms with E-state index in [1.165, 1.54) is 42.6 Å². The van der Waals surface area contributed by atoms with Crippen molar-refractivity contribution in [3.05, 3.63) is 65.2 Å². The molecule has 1 amide bonds. The summed E-state index contributed by atoms with van der Waals surface area (Å²) in [6.45, 7) is 0. The van der Waals surface area contributed by atoms with Gasteiger partial charge in [0.1, 0.15) is 11.5 Å². The van der Waals surface area contributed by atoms with Gasteiger partial charge in [-0.2, -0.15) is 0 Å². The lowest BCUT2D eigenvalue weighted by Crippen LogP contribution is -2.31. The van der Waals surface area contributed by atoms with Gasteiger partial charge in [0.15, 0.2) is 0 Å². The number of nitrogens with one attached hydrogen (secondary N) is 1. The summed E-state index contributed by atoms with van der Waals surface area (Å²) in [7, 11) is 0. The van der Waals surface area contributed by atoms with E-state index in [0.717, 1.165) is 0 Å². The van der Waals surface area contributed by atoms with E-state index in [9.17, 15) is 14.0 Å². The molecule has 0 aliphatic rings. The molecule has 2 rings (SSSR count). The number of ketones is 1. The second-order valence-corrected chi connectivity index (χ2v) is 3.68. The smallest absolute Gasteiger partial charge is 0.267 e. The summed E-state index contributed by atoms with van der Waals surface area (Å²) in [6.07, 6.45) is 1.35. The van der Waals surface area contributed by atoms with Crippen molar-refractivity contribution in [1.82, 2.24) is 10.4 Å². The number of halogens is 1. The molecule has 3 N–H and O–H groups in total. The maximum Gasteiger partial charge on any atom is 0.267 e. The van der Waals surface area contributed by atoms with Crippen molar-refractivity contribution < 1.29 is 14.0 Å². The number of nitrogens with two attached hydrogens (primary N) is 1. The Labute approximate surface area is 108 Å². The minimum atomic E-state index is -0.669. The van der Waals surface area contributed by atoms with Crippen LogP contribution in [-0.4, -0.2) is 16.7 Å². The molecule has 6 heteroatoms. The maximum absolute atomic E-state index is 13.6. The van der Waals surface area contributed by atoms with Crippen LogP contribution in [0.25, 0.3) is 0 Å². The number of hydrogen-bond acceptors (Lipinski definition) is 4. The number of hydrogen-bond donors (Lipinski definition) is 2. The Morgan fingerprint density at radius 1 is 1.11 bits per heavy atom. The second kappa shape index (κ2) is 5.36. The second-order valence-electron chi connectivity index (χ2n) is 3.68. The minimum absolute atomic E-state index is 0.00162. The highest BCUT2D eigenvalue weighted by Gasteiger charge is 2.21. The molecule has 0 radical (unpaired) electrons. The third kappa shape index (κ3) is 2.48. The van der Waals surface area contributed by atoms with E-state index in [2.05, 4.69) is 4.98 Å². The molecule has 0 spiro atoms. The topological polar surface area (TPSA) is 85.1 Å². The number of nitrogens with zero attached hydrogens (tertiary/aromatic N) is 1. The summed E-state index contributed by atoms with van der Waals surface area (Å²) < 4.78 is 13.6.